The summed E-state index contributed by atoms with van der Waals surface area (Å²) in [6.45, 7) is 3.91. The average Bonchev–Trinajstić information content (AvgIpc) is 2.49. The molecule has 106 valence electrons. The van der Waals surface area contributed by atoms with Crippen molar-refractivity contribution in [1.82, 2.24) is 4.90 Å². The van der Waals surface area contributed by atoms with Gasteiger partial charge in [0, 0.05) is 37.4 Å². The molecule has 0 saturated carbocycles. The summed E-state index contributed by atoms with van der Waals surface area (Å²) in [5.74, 6) is -0.195. The lowest BCUT2D eigenvalue weighted by Gasteiger charge is -2.34. The van der Waals surface area contributed by atoms with Gasteiger partial charge in [-0.05, 0) is 25.2 Å². The highest BCUT2D eigenvalue weighted by molar-refractivity contribution is 5.70. The Kier molecular flexibility index (Phi) is 4.59. The van der Waals surface area contributed by atoms with Gasteiger partial charge in [0.25, 0.3) is 0 Å². The second-order valence-electron chi connectivity index (χ2n) is 4.96. The summed E-state index contributed by atoms with van der Waals surface area (Å²) < 4.78 is 5.25. The fraction of sp³-hybridized carbons (Fsp3) is 0.467. The Hall–Kier alpha value is -2.06. The first-order valence-corrected chi connectivity index (χ1v) is 6.66. The number of likely N-dealkylation sites (N-methyl/N-ethyl adjacent to an activating group) is 1. The third-order valence-electron chi connectivity index (χ3n) is 3.69. The number of aldehydes is 1. The monoisotopic (exact) mass is 273 g/mol. The molecule has 5 nitrogen and oxygen atoms in total. The normalized spacial score (nSPS) is 17.4. The number of hydrogen-bond acceptors (Lipinski definition) is 5. The fourth-order valence-corrected chi connectivity index (χ4v) is 2.40. The van der Waals surface area contributed by atoms with Gasteiger partial charge in [-0.25, -0.2) is 0 Å². The third-order valence-corrected chi connectivity index (χ3v) is 3.69. The molecular weight excluding hydrogens is 254 g/mol. The van der Waals surface area contributed by atoms with Crippen LogP contribution >= 0.6 is 0 Å². The van der Waals surface area contributed by atoms with Crippen LogP contribution in [0, 0.1) is 11.3 Å². The van der Waals surface area contributed by atoms with E-state index in [1.807, 2.05) is 24.3 Å². The smallest absolute Gasteiger partial charge is 0.141 e. The first-order valence-electron chi connectivity index (χ1n) is 6.66. The second-order valence-corrected chi connectivity index (χ2v) is 4.96. The predicted molar refractivity (Wildman–Crippen MR) is 77.1 cm³/mol. The molecule has 0 radical (unpaired) electrons. The largest absolute Gasteiger partial charge is 0.496 e. The molecule has 2 rings (SSSR count). The van der Waals surface area contributed by atoms with E-state index in [2.05, 4.69) is 16.8 Å². The minimum atomic E-state index is -0.780. The molecule has 1 fully saturated rings. The SMILES string of the molecule is COc1ccc(N2CCN(C)CC2)cc1C(C#N)C=O. The molecular formula is C15H19N3O2. The molecule has 0 aromatic heterocycles. The lowest BCUT2D eigenvalue weighted by atomic mass is 10.00. The molecule has 1 atom stereocenters. The van der Waals surface area contributed by atoms with E-state index < -0.39 is 5.92 Å². The second kappa shape index (κ2) is 6.40. The van der Waals surface area contributed by atoms with Gasteiger partial charge in [-0.2, -0.15) is 5.26 Å². The van der Waals surface area contributed by atoms with Gasteiger partial charge in [-0.3, -0.25) is 0 Å². The van der Waals surface area contributed by atoms with E-state index in [4.69, 9.17) is 10.00 Å². The minimum absolute atomic E-state index is 0.585. The Morgan fingerprint density at radius 2 is 2.05 bits per heavy atom. The van der Waals surface area contributed by atoms with Crippen molar-refractivity contribution in [3.8, 4) is 11.8 Å². The van der Waals surface area contributed by atoms with Crippen LogP contribution in [-0.4, -0.2) is 51.5 Å². The number of ether oxygens (including phenoxy) is 1. The summed E-state index contributed by atoms with van der Waals surface area (Å²) in [4.78, 5) is 15.6. The summed E-state index contributed by atoms with van der Waals surface area (Å²) in [5, 5.41) is 9.08. The molecule has 0 aliphatic carbocycles. The lowest BCUT2D eigenvalue weighted by molar-refractivity contribution is -0.108. The van der Waals surface area contributed by atoms with Gasteiger partial charge >= 0.3 is 0 Å². The number of hydrogen-bond donors (Lipinski definition) is 0. The standard InChI is InChI=1S/C15H19N3O2/c1-17-5-7-18(8-6-17)13-3-4-15(20-2)14(9-13)12(10-16)11-19/h3-4,9,11-12H,5-8H2,1-2H3. The molecule has 1 aromatic rings. The zero-order valence-electron chi connectivity index (χ0n) is 11.9. The van der Waals surface area contributed by atoms with Gasteiger partial charge in [0.05, 0.1) is 13.2 Å². The van der Waals surface area contributed by atoms with E-state index in [0.717, 1.165) is 31.9 Å². The van der Waals surface area contributed by atoms with Crippen molar-refractivity contribution < 1.29 is 9.53 Å². The summed E-state index contributed by atoms with van der Waals surface area (Å²) in [7, 11) is 3.66. The highest BCUT2D eigenvalue weighted by Gasteiger charge is 2.19. The molecule has 1 aliphatic rings. The third kappa shape index (κ3) is 2.91. The number of carbonyl (C=O) groups is 1. The zero-order valence-corrected chi connectivity index (χ0v) is 11.9. The molecule has 0 bridgehead atoms. The van der Waals surface area contributed by atoms with Gasteiger partial charge in [-0.15, -0.1) is 0 Å². The van der Waals surface area contributed by atoms with E-state index in [1.54, 1.807) is 7.11 Å². The molecule has 1 saturated heterocycles. The Labute approximate surface area is 119 Å². The molecule has 1 heterocycles. The Balaban J connectivity index is 2.30. The summed E-state index contributed by atoms with van der Waals surface area (Å²) in [5.41, 5.74) is 1.68. The number of nitriles is 1. The van der Waals surface area contributed by atoms with Crippen LogP contribution in [0.4, 0.5) is 5.69 Å². The molecule has 5 heteroatoms. The van der Waals surface area contributed by atoms with E-state index in [1.165, 1.54) is 0 Å². The molecule has 1 aromatic carbocycles. The lowest BCUT2D eigenvalue weighted by Crippen LogP contribution is -2.44. The van der Waals surface area contributed by atoms with Crippen LogP contribution in [0.5, 0.6) is 5.75 Å². The number of methoxy groups -OCH3 is 1. The van der Waals surface area contributed by atoms with Crippen molar-refractivity contribution in [2.45, 2.75) is 5.92 Å². The molecule has 1 unspecified atom stereocenters. The molecule has 20 heavy (non-hydrogen) atoms. The van der Waals surface area contributed by atoms with Gasteiger partial charge < -0.3 is 19.3 Å². The van der Waals surface area contributed by atoms with E-state index in [9.17, 15) is 4.79 Å². The highest BCUT2D eigenvalue weighted by atomic mass is 16.5. The predicted octanol–water partition coefficient (Wildman–Crippen LogP) is 1.25. The van der Waals surface area contributed by atoms with Crippen LogP contribution in [-0.2, 0) is 4.79 Å². The fourth-order valence-electron chi connectivity index (χ4n) is 2.40. The van der Waals surface area contributed by atoms with E-state index in [-0.39, 0.29) is 0 Å². The van der Waals surface area contributed by atoms with Crippen LogP contribution in [0.25, 0.3) is 0 Å². The Morgan fingerprint density at radius 3 is 2.60 bits per heavy atom. The van der Waals surface area contributed by atoms with Gasteiger partial charge in [0.1, 0.15) is 18.0 Å². The van der Waals surface area contributed by atoms with Crippen molar-refractivity contribution in [3.05, 3.63) is 23.8 Å². The molecule has 0 spiro atoms. The number of benzene rings is 1. The zero-order chi connectivity index (χ0) is 14.5. The van der Waals surface area contributed by atoms with Crippen LogP contribution in [0.1, 0.15) is 11.5 Å². The number of piperazine rings is 1. The number of anilines is 1. The van der Waals surface area contributed by atoms with Crippen LogP contribution in [0.15, 0.2) is 18.2 Å². The molecule has 1 aliphatic heterocycles. The van der Waals surface area contributed by atoms with Crippen LogP contribution in [0.3, 0.4) is 0 Å². The first-order chi connectivity index (χ1) is 9.69. The van der Waals surface area contributed by atoms with Gasteiger partial charge in [0.15, 0.2) is 0 Å². The van der Waals surface area contributed by atoms with E-state index >= 15 is 0 Å². The quantitative estimate of drug-likeness (QED) is 0.773. The Bertz CT molecular complexity index is 516. The van der Waals surface area contributed by atoms with Crippen LogP contribution in [0.2, 0.25) is 0 Å². The minimum Gasteiger partial charge on any atom is -0.496 e. The number of nitrogens with zero attached hydrogens (tertiary/aromatic N) is 3. The van der Waals surface area contributed by atoms with Crippen molar-refractivity contribution in [2.24, 2.45) is 0 Å². The maximum absolute atomic E-state index is 11.0. The maximum atomic E-state index is 11.0. The topological polar surface area (TPSA) is 56.6 Å². The van der Waals surface area contributed by atoms with Crippen molar-refractivity contribution >= 4 is 12.0 Å². The van der Waals surface area contributed by atoms with Crippen molar-refractivity contribution in [2.75, 3.05) is 45.2 Å². The highest BCUT2D eigenvalue weighted by Crippen LogP contribution is 2.30. The van der Waals surface area contributed by atoms with Crippen LogP contribution < -0.4 is 9.64 Å². The Morgan fingerprint density at radius 1 is 1.35 bits per heavy atom. The molecule has 0 amide bonds. The van der Waals surface area contributed by atoms with E-state index in [0.29, 0.717) is 17.6 Å². The van der Waals surface area contributed by atoms with Crippen molar-refractivity contribution in [1.29, 1.82) is 5.26 Å². The number of rotatable bonds is 4. The molecule has 0 N–H and O–H groups in total. The summed E-state index contributed by atoms with van der Waals surface area (Å²) >= 11 is 0. The van der Waals surface area contributed by atoms with Crippen molar-refractivity contribution in [3.63, 3.8) is 0 Å². The number of carbonyl (C=O) groups excluding carboxylic acids is 1. The van der Waals surface area contributed by atoms with Gasteiger partial charge in [0.2, 0.25) is 0 Å². The maximum Gasteiger partial charge on any atom is 0.141 e. The first kappa shape index (κ1) is 14.4. The summed E-state index contributed by atoms with van der Waals surface area (Å²) in [6, 6.07) is 7.71. The average molecular weight is 273 g/mol. The summed E-state index contributed by atoms with van der Waals surface area (Å²) in [6.07, 6.45) is 0.658. The van der Waals surface area contributed by atoms with Gasteiger partial charge in [-0.1, -0.05) is 0 Å².